The third-order valence-corrected chi connectivity index (χ3v) is 4.08. The molecule has 0 spiro atoms. The molecule has 6 nitrogen and oxygen atoms in total. The van der Waals surface area contributed by atoms with Crippen molar-refractivity contribution in [3.05, 3.63) is 41.6 Å². The largest absolute Gasteiger partial charge is 0.344 e. The van der Waals surface area contributed by atoms with E-state index in [-0.39, 0.29) is 11.8 Å². The molecule has 1 aromatic carbocycles. The number of aryl methyl sites for hydroxylation is 1. The summed E-state index contributed by atoms with van der Waals surface area (Å²) in [7, 11) is 0. The Morgan fingerprint density at radius 1 is 1.35 bits per heavy atom. The molecule has 0 saturated heterocycles. The van der Waals surface area contributed by atoms with Crippen molar-refractivity contribution in [3.8, 4) is 5.69 Å². The molecule has 120 valence electrons. The first-order valence-electron chi connectivity index (χ1n) is 7.75. The number of hydrogen-bond acceptors (Lipinski definition) is 3. The number of benzene rings is 1. The highest BCUT2D eigenvalue weighted by atomic mass is 16.2. The van der Waals surface area contributed by atoms with E-state index >= 15 is 0 Å². The van der Waals surface area contributed by atoms with Crippen LogP contribution in [0.1, 0.15) is 25.1 Å². The van der Waals surface area contributed by atoms with E-state index in [9.17, 15) is 9.59 Å². The number of para-hydroxylation sites is 1. The molecule has 1 atom stereocenters. The van der Waals surface area contributed by atoms with Crippen LogP contribution in [0.15, 0.2) is 30.3 Å². The number of nitrogens with zero attached hydrogens (tertiary/aromatic N) is 3. The van der Waals surface area contributed by atoms with Gasteiger partial charge in [0.15, 0.2) is 0 Å². The topological polar surface area (TPSA) is 67.2 Å². The quantitative estimate of drug-likeness (QED) is 0.936. The lowest BCUT2D eigenvalue weighted by atomic mass is 9.99. The van der Waals surface area contributed by atoms with Crippen molar-refractivity contribution in [2.75, 3.05) is 11.4 Å². The van der Waals surface area contributed by atoms with E-state index in [0.717, 1.165) is 22.8 Å². The number of nitrogens with one attached hydrogen (secondary N) is 1. The van der Waals surface area contributed by atoms with Crippen LogP contribution in [0.25, 0.3) is 5.69 Å². The zero-order chi connectivity index (χ0) is 16.6. The van der Waals surface area contributed by atoms with Gasteiger partial charge in [-0.25, -0.2) is 4.68 Å². The summed E-state index contributed by atoms with van der Waals surface area (Å²) in [6, 6.07) is 9.24. The molecule has 1 aliphatic rings. The molecule has 0 fully saturated rings. The molecule has 3 rings (SSSR count). The summed E-state index contributed by atoms with van der Waals surface area (Å²) in [5, 5.41) is 7.36. The lowest BCUT2D eigenvalue weighted by Gasteiger charge is -2.32. The van der Waals surface area contributed by atoms with Crippen molar-refractivity contribution in [1.29, 1.82) is 0 Å². The molecular formula is C17H20N4O2. The Kier molecular flexibility index (Phi) is 3.90. The number of carbonyl (C=O) groups excluding carboxylic acids is 2. The molecule has 1 aliphatic heterocycles. The van der Waals surface area contributed by atoms with Crippen molar-refractivity contribution < 1.29 is 9.59 Å². The van der Waals surface area contributed by atoms with Crippen molar-refractivity contribution in [1.82, 2.24) is 15.1 Å². The molecule has 23 heavy (non-hydrogen) atoms. The molecule has 0 saturated carbocycles. The standard InChI is InChI=1S/C17H20N4O2/c1-4-20-16-14(10-15(17(20)23)18-12(3)22)11(2)19-21(16)13-8-6-5-7-9-13/h5-9,15H,4,10H2,1-3H3,(H,18,22). The van der Waals surface area contributed by atoms with Crippen LogP contribution in [-0.2, 0) is 16.0 Å². The van der Waals surface area contributed by atoms with Crippen LogP contribution in [0.5, 0.6) is 0 Å². The molecule has 0 bridgehead atoms. The van der Waals surface area contributed by atoms with Gasteiger partial charge in [-0.05, 0) is 26.0 Å². The summed E-state index contributed by atoms with van der Waals surface area (Å²) in [6.45, 7) is 5.82. The number of likely N-dealkylation sites (N-methyl/N-ethyl adjacent to an activating group) is 1. The first kappa shape index (κ1) is 15.3. The van der Waals surface area contributed by atoms with Gasteiger partial charge in [0.2, 0.25) is 5.91 Å². The van der Waals surface area contributed by atoms with E-state index < -0.39 is 6.04 Å². The molecular weight excluding hydrogens is 292 g/mol. The van der Waals surface area contributed by atoms with Gasteiger partial charge in [-0.1, -0.05) is 18.2 Å². The molecule has 0 radical (unpaired) electrons. The summed E-state index contributed by atoms with van der Waals surface area (Å²) in [5.74, 6) is 0.519. The van der Waals surface area contributed by atoms with Gasteiger partial charge in [0.1, 0.15) is 11.9 Å². The highest BCUT2D eigenvalue weighted by Gasteiger charge is 2.37. The number of rotatable bonds is 3. The minimum absolute atomic E-state index is 0.0905. The average molecular weight is 312 g/mol. The van der Waals surface area contributed by atoms with E-state index in [1.165, 1.54) is 6.92 Å². The lowest BCUT2D eigenvalue weighted by molar-refractivity contribution is -0.126. The van der Waals surface area contributed by atoms with Crippen LogP contribution in [-0.4, -0.2) is 34.2 Å². The zero-order valence-corrected chi connectivity index (χ0v) is 13.5. The minimum Gasteiger partial charge on any atom is -0.344 e. The Labute approximate surface area is 135 Å². The van der Waals surface area contributed by atoms with Gasteiger partial charge in [0.05, 0.1) is 11.4 Å². The predicted octanol–water partition coefficient (Wildman–Crippen LogP) is 1.59. The SMILES string of the molecule is CCN1C(=O)C(NC(C)=O)Cc2c(C)nn(-c3ccccc3)c21. The van der Waals surface area contributed by atoms with Crippen LogP contribution in [0.4, 0.5) is 5.82 Å². The molecule has 1 N–H and O–H groups in total. The smallest absolute Gasteiger partial charge is 0.251 e. The Balaban J connectivity index is 2.11. The van der Waals surface area contributed by atoms with E-state index in [1.54, 1.807) is 4.90 Å². The third-order valence-electron chi connectivity index (χ3n) is 4.08. The number of carbonyl (C=O) groups is 2. The maximum atomic E-state index is 12.7. The van der Waals surface area contributed by atoms with E-state index in [4.69, 9.17) is 0 Å². The Morgan fingerprint density at radius 2 is 2.04 bits per heavy atom. The summed E-state index contributed by atoms with van der Waals surface area (Å²) in [5.41, 5.74) is 2.81. The second kappa shape index (κ2) is 5.87. The van der Waals surface area contributed by atoms with Gasteiger partial charge in [-0.3, -0.25) is 14.5 Å². The highest BCUT2D eigenvalue weighted by molar-refractivity contribution is 6.01. The Bertz CT molecular complexity index is 751. The van der Waals surface area contributed by atoms with Gasteiger partial charge in [0, 0.05) is 25.5 Å². The lowest BCUT2D eigenvalue weighted by Crippen LogP contribution is -2.52. The Morgan fingerprint density at radius 3 is 2.65 bits per heavy atom. The van der Waals surface area contributed by atoms with Crippen molar-refractivity contribution >= 4 is 17.6 Å². The monoisotopic (exact) mass is 312 g/mol. The molecule has 2 heterocycles. The third kappa shape index (κ3) is 2.60. The van der Waals surface area contributed by atoms with E-state index in [1.807, 2.05) is 48.9 Å². The van der Waals surface area contributed by atoms with Crippen molar-refractivity contribution in [2.24, 2.45) is 0 Å². The normalized spacial score (nSPS) is 17.1. The highest BCUT2D eigenvalue weighted by Crippen LogP contribution is 2.32. The van der Waals surface area contributed by atoms with Crippen LogP contribution >= 0.6 is 0 Å². The first-order chi connectivity index (χ1) is 11.0. The summed E-state index contributed by atoms with van der Waals surface area (Å²) in [6.07, 6.45) is 0.475. The summed E-state index contributed by atoms with van der Waals surface area (Å²) in [4.78, 5) is 25.8. The van der Waals surface area contributed by atoms with Gasteiger partial charge >= 0.3 is 0 Å². The minimum atomic E-state index is -0.521. The zero-order valence-electron chi connectivity index (χ0n) is 13.5. The van der Waals surface area contributed by atoms with Crippen LogP contribution in [0.2, 0.25) is 0 Å². The number of aromatic nitrogens is 2. The number of amides is 2. The molecule has 0 aliphatic carbocycles. The number of fused-ring (bicyclic) bond motifs is 1. The van der Waals surface area contributed by atoms with Crippen molar-refractivity contribution in [3.63, 3.8) is 0 Å². The summed E-state index contributed by atoms with van der Waals surface area (Å²) >= 11 is 0. The fraction of sp³-hybridized carbons (Fsp3) is 0.353. The molecule has 1 aromatic heterocycles. The fourth-order valence-electron chi connectivity index (χ4n) is 3.06. The van der Waals surface area contributed by atoms with E-state index in [2.05, 4.69) is 10.4 Å². The van der Waals surface area contributed by atoms with Gasteiger partial charge < -0.3 is 5.32 Å². The van der Waals surface area contributed by atoms with E-state index in [0.29, 0.717) is 13.0 Å². The Hall–Kier alpha value is -2.63. The predicted molar refractivity (Wildman–Crippen MR) is 87.6 cm³/mol. The average Bonchev–Trinajstić information content (AvgIpc) is 2.85. The first-order valence-corrected chi connectivity index (χ1v) is 7.75. The second-order valence-corrected chi connectivity index (χ2v) is 5.67. The van der Waals surface area contributed by atoms with Gasteiger partial charge in [-0.2, -0.15) is 5.10 Å². The molecule has 2 amide bonds. The number of hydrogen-bond donors (Lipinski definition) is 1. The van der Waals surface area contributed by atoms with Gasteiger partial charge in [0.25, 0.3) is 5.91 Å². The van der Waals surface area contributed by atoms with Gasteiger partial charge in [-0.15, -0.1) is 0 Å². The fourth-order valence-corrected chi connectivity index (χ4v) is 3.06. The van der Waals surface area contributed by atoms with Crippen molar-refractivity contribution in [2.45, 2.75) is 33.2 Å². The van der Waals surface area contributed by atoms with Crippen LogP contribution in [0.3, 0.4) is 0 Å². The number of anilines is 1. The molecule has 1 unspecified atom stereocenters. The van der Waals surface area contributed by atoms with Crippen LogP contribution < -0.4 is 10.2 Å². The second-order valence-electron chi connectivity index (χ2n) is 5.67. The molecule has 6 heteroatoms. The maximum Gasteiger partial charge on any atom is 0.251 e. The summed E-state index contributed by atoms with van der Waals surface area (Å²) < 4.78 is 1.82. The maximum absolute atomic E-state index is 12.7. The molecule has 2 aromatic rings. The van der Waals surface area contributed by atoms with Crippen LogP contribution in [0, 0.1) is 6.92 Å².